The van der Waals surface area contributed by atoms with Crippen molar-refractivity contribution in [1.29, 1.82) is 0 Å². The van der Waals surface area contributed by atoms with Gasteiger partial charge < -0.3 is 15.8 Å². The summed E-state index contributed by atoms with van der Waals surface area (Å²) in [6, 6.07) is 12.9. The van der Waals surface area contributed by atoms with Gasteiger partial charge in [0.05, 0.1) is 13.2 Å². The molecular formula is C15H16Cl2N2O. The maximum absolute atomic E-state index is 6.21. The highest BCUT2D eigenvalue weighted by Gasteiger charge is 2.13. The molecule has 0 radical (unpaired) electrons. The first-order valence-corrected chi connectivity index (χ1v) is 6.95. The van der Waals surface area contributed by atoms with Crippen LogP contribution in [0.5, 0.6) is 5.75 Å². The summed E-state index contributed by atoms with van der Waals surface area (Å²) >= 11 is 12.2. The second-order valence-corrected chi connectivity index (χ2v) is 5.17. The molecule has 0 spiro atoms. The highest BCUT2D eigenvalue weighted by atomic mass is 35.5. The van der Waals surface area contributed by atoms with Crippen molar-refractivity contribution in [2.24, 2.45) is 5.73 Å². The van der Waals surface area contributed by atoms with E-state index in [4.69, 9.17) is 33.7 Å². The van der Waals surface area contributed by atoms with E-state index in [9.17, 15) is 0 Å². The zero-order valence-corrected chi connectivity index (χ0v) is 12.6. The number of rotatable bonds is 5. The molecule has 0 fully saturated rings. The number of anilines is 1. The highest BCUT2D eigenvalue weighted by Crippen LogP contribution is 2.28. The molecule has 2 rings (SSSR count). The average molecular weight is 311 g/mol. The number of hydrogen-bond acceptors (Lipinski definition) is 3. The number of methoxy groups -OCH3 is 1. The molecule has 3 N–H and O–H groups in total. The molecule has 2 aromatic rings. The van der Waals surface area contributed by atoms with Crippen molar-refractivity contribution in [2.45, 2.75) is 6.04 Å². The van der Waals surface area contributed by atoms with Gasteiger partial charge in [0.25, 0.3) is 0 Å². The first-order valence-electron chi connectivity index (χ1n) is 6.19. The quantitative estimate of drug-likeness (QED) is 0.873. The molecule has 1 atom stereocenters. The van der Waals surface area contributed by atoms with Gasteiger partial charge in [-0.25, -0.2) is 0 Å². The molecule has 5 heteroatoms. The first kappa shape index (κ1) is 15.0. The van der Waals surface area contributed by atoms with Gasteiger partial charge >= 0.3 is 0 Å². The Labute approximate surface area is 128 Å². The number of benzene rings is 2. The van der Waals surface area contributed by atoms with Gasteiger partial charge in [-0.1, -0.05) is 23.2 Å². The van der Waals surface area contributed by atoms with Crippen molar-refractivity contribution >= 4 is 28.9 Å². The Kier molecular flexibility index (Phi) is 5.12. The second kappa shape index (κ2) is 6.84. The van der Waals surface area contributed by atoms with Crippen LogP contribution >= 0.6 is 23.2 Å². The minimum Gasteiger partial charge on any atom is -0.497 e. The third kappa shape index (κ3) is 3.57. The molecule has 0 saturated heterocycles. The van der Waals surface area contributed by atoms with Crippen LogP contribution in [0.4, 0.5) is 5.69 Å². The lowest BCUT2D eigenvalue weighted by atomic mass is 10.1. The average Bonchev–Trinajstić information content (AvgIpc) is 2.48. The fraction of sp³-hybridized carbons (Fsp3) is 0.200. The van der Waals surface area contributed by atoms with E-state index in [1.54, 1.807) is 19.2 Å². The standard InChI is InChI=1S/C15H16Cl2N2O/c1-20-12-5-3-11(4-6-12)19-15(9-18)13-8-10(16)2-7-14(13)17/h2-8,15,19H,9,18H2,1H3. The molecule has 2 aromatic carbocycles. The van der Waals surface area contributed by atoms with Gasteiger partial charge in [0, 0.05) is 22.3 Å². The Bertz CT molecular complexity index is 573. The SMILES string of the molecule is COc1ccc(NC(CN)c2cc(Cl)ccc2Cl)cc1. The second-order valence-electron chi connectivity index (χ2n) is 4.33. The summed E-state index contributed by atoms with van der Waals surface area (Å²) in [7, 11) is 1.64. The molecule has 3 nitrogen and oxygen atoms in total. The minimum absolute atomic E-state index is 0.102. The van der Waals surface area contributed by atoms with Gasteiger partial charge in [0.1, 0.15) is 5.75 Å². The van der Waals surface area contributed by atoms with Gasteiger partial charge in [-0.15, -0.1) is 0 Å². The zero-order chi connectivity index (χ0) is 14.5. The molecule has 0 aliphatic heterocycles. The van der Waals surface area contributed by atoms with Crippen LogP contribution < -0.4 is 15.8 Å². The van der Waals surface area contributed by atoms with Crippen molar-refractivity contribution in [3.63, 3.8) is 0 Å². The van der Waals surface area contributed by atoms with Crippen LogP contribution in [0.2, 0.25) is 10.0 Å². The van der Waals surface area contributed by atoms with Gasteiger partial charge in [-0.05, 0) is 48.0 Å². The molecule has 106 valence electrons. The summed E-state index contributed by atoms with van der Waals surface area (Å²) in [6.45, 7) is 0.409. The molecule has 0 aliphatic carbocycles. The Morgan fingerprint density at radius 1 is 1.15 bits per heavy atom. The summed E-state index contributed by atoms with van der Waals surface area (Å²) in [6.07, 6.45) is 0. The van der Waals surface area contributed by atoms with E-state index >= 15 is 0 Å². The van der Waals surface area contributed by atoms with Crippen LogP contribution in [0.1, 0.15) is 11.6 Å². The summed E-state index contributed by atoms with van der Waals surface area (Å²) in [5.74, 6) is 0.806. The fourth-order valence-corrected chi connectivity index (χ4v) is 2.36. The Hall–Kier alpha value is -1.42. The van der Waals surface area contributed by atoms with E-state index in [0.717, 1.165) is 17.0 Å². The number of halogens is 2. The van der Waals surface area contributed by atoms with Crippen LogP contribution in [0, 0.1) is 0 Å². The topological polar surface area (TPSA) is 47.3 Å². The van der Waals surface area contributed by atoms with Gasteiger partial charge in [0.2, 0.25) is 0 Å². The summed E-state index contributed by atoms with van der Waals surface area (Å²) in [4.78, 5) is 0. The van der Waals surface area contributed by atoms with Gasteiger partial charge in [0.15, 0.2) is 0 Å². The van der Waals surface area contributed by atoms with E-state index in [-0.39, 0.29) is 6.04 Å². The van der Waals surface area contributed by atoms with E-state index < -0.39 is 0 Å². The normalized spacial score (nSPS) is 12.0. The molecule has 0 saturated carbocycles. The van der Waals surface area contributed by atoms with Crippen LogP contribution in [0.25, 0.3) is 0 Å². The Morgan fingerprint density at radius 3 is 2.45 bits per heavy atom. The fourth-order valence-electron chi connectivity index (χ4n) is 1.93. The van der Waals surface area contributed by atoms with E-state index in [2.05, 4.69) is 5.32 Å². The van der Waals surface area contributed by atoms with E-state index in [1.165, 1.54) is 0 Å². The Balaban J connectivity index is 2.21. The molecule has 0 aromatic heterocycles. The highest BCUT2D eigenvalue weighted by molar-refractivity contribution is 6.33. The van der Waals surface area contributed by atoms with Crippen LogP contribution in [-0.2, 0) is 0 Å². The lowest BCUT2D eigenvalue weighted by Crippen LogP contribution is -2.21. The summed E-state index contributed by atoms with van der Waals surface area (Å²) < 4.78 is 5.13. The smallest absolute Gasteiger partial charge is 0.119 e. The maximum atomic E-state index is 6.21. The Morgan fingerprint density at radius 2 is 1.85 bits per heavy atom. The van der Waals surface area contributed by atoms with Crippen molar-refractivity contribution in [2.75, 3.05) is 19.0 Å². The lowest BCUT2D eigenvalue weighted by molar-refractivity contribution is 0.415. The lowest BCUT2D eigenvalue weighted by Gasteiger charge is -2.20. The van der Waals surface area contributed by atoms with Crippen molar-refractivity contribution in [3.8, 4) is 5.75 Å². The van der Waals surface area contributed by atoms with Crippen molar-refractivity contribution < 1.29 is 4.74 Å². The van der Waals surface area contributed by atoms with E-state index in [1.807, 2.05) is 30.3 Å². The third-order valence-corrected chi connectivity index (χ3v) is 3.58. The molecule has 0 bridgehead atoms. The maximum Gasteiger partial charge on any atom is 0.119 e. The van der Waals surface area contributed by atoms with Crippen LogP contribution in [0.15, 0.2) is 42.5 Å². The van der Waals surface area contributed by atoms with Gasteiger partial charge in [-0.2, -0.15) is 0 Å². The van der Waals surface area contributed by atoms with Crippen molar-refractivity contribution in [3.05, 3.63) is 58.1 Å². The number of ether oxygens (including phenoxy) is 1. The molecule has 1 unspecified atom stereocenters. The number of nitrogens with one attached hydrogen (secondary N) is 1. The molecular weight excluding hydrogens is 295 g/mol. The van der Waals surface area contributed by atoms with Crippen LogP contribution in [0.3, 0.4) is 0 Å². The minimum atomic E-state index is -0.102. The summed E-state index contributed by atoms with van der Waals surface area (Å²) in [5.41, 5.74) is 7.67. The molecule has 0 aliphatic rings. The van der Waals surface area contributed by atoms with Crippen LogP contribution in [-0.4, -0.2) is 13.7 Å². The molecule has 20 heavy (non-hydrogen) atoms. The third-order valence-electron chi connectivity index (χ3n) is 3.00. The first-order chi connectivity index (χ1) is 9.63. The van der Waals surface area contributed by atoms with Gasteiger partial charge in [-0.3, -0.25) is 0 Å². The largest absolute Gasteiger partial charge is 0.497 e. The number of nitrogens with two attached hydrogens (primary N) is 1. The van der Waals surface area contributed by atoms with E-state index in [0.29, 0.717) is 16.6 Å². The molecule has 0 heterocycles. The predicted molar refractivity (Wildman–Crippen MR) is 84.9 cm³/mol. The monoisotopic (exact) mass is 310 g/mol. The number of hydrogen-bond donors (Lipinski definition) is 2. The zero-order valence-electron chi connectivity index (χ0n) is 11.1. The predicted octanol–water partition coefficient (Wildman–Crippen LogP) is 4.11. The van der Waals surface area contributed by atoms with Crippen molar-refractivity contribution in [1.82, 2.24) is 0 Å². The summed E-state index contributed by atoms with van der Waals surface area (Å²) in [5, 5.41) is 4.62. The molecule has 0 amide bonds.